The van der Waals surface area contributed by atoms with E-state index in [-0.39, 0.29) is 17.5 Å². The van der Waals surface area contributed by atoms with Crippen LogP contribution in [0.15, 0.2) is 59.5 Å². The zero-order chi connectivity index (χ0) is 27.4. The topological polar surface area (TPSA) is 104 Å². The largest absolute Gasteiger partial charge is 0.454 e. The maximum Gasteiger partial charge on any atom is 0.331 e. The Balaban J connectivity index is 1.38. The summed E-state index contributed by atoms with van der Waals surface area (Å²) >= 11 is 0. The summed E-state index contributed by atoms with van der Waals surface area (Å²) in [6.07, 6.45) is 2.71. The molecule has 0 amide bonds. The molecule has 0 saturated heterocycles. The highest BCUT2D eigenvalue weighted by Gasteiger charge is 2.22. The van der Waals surface area contributed by atoms with Gasteiger partial charge in [0.25, 0.3) is 0 Å². The van der Waals surface area contributed by atoms with Crippen LogP contribution in [0.2, 0.25) is 0 Å². The number of hydrogen-bond acceptors (Lipinski definition) is 7. The molecule has 10 heteroatoms. The molecule has 9 nitrogen and oxygen atoms in total. The first kappa shape index (κ1) is 27.2. The molecule has 1 aliphatic heterocycles. The number of ether oxygens (including phenoxy) is 3. The Morgan fingerprint density at radius 2 is 1.68 bits per heavy atom. The Labute approximate surface area is 222 Å². The van der Waals surface area contributed by atoms with Gasteiger partial charge in [0.1, 0.15) is 0 Å². The van der Waals surface area contributed by atoms with Crippen molar-refractivity contribution in [3.05, 3.63) is 77.1 Å². The summed E-state index contributed by atoms with van der Waals surface area (Å²) in [4.78, 5) is 25.3. The number of sulfonamides is 1. The summed E-state index contributed by atoms with van der Waals surface area (Å²) in [6.45, 7) is 7.82. The van der Waals surface area contributed by atoms with Crippen LogP contribution in [0, 0.1) is 13.8 Å². The molecule has 200 valence electrons. The van der Waals surface area contributed by atoms with E-state index in [9.17, 15) is 18.0 Å². The minimum atomic E-state index is -3.55. The van der Waals surface area contributed by atoms with E-state index in [1.165, 1.54) is 28.6 Å². The summed E-state index contributed by atoms with van der Waals surface area (Å²) in [5.41, 5.74) is 3.49. The van der Waals surface area contributed by atoms with Gasteiger partial charge in [0.05, 0.1) is 4.90 Å². The molecular weight excluding hydrogens is 508 g/mol. The quantitative estimate of drug-likeness (QED) is 0.215. The number of carbonyl (C=O) groups excluding carboxylic acids is 2. The van der Waals surface area contributed by atoms with E-state index in [2.05, 4.69) is 0 Å². The molecular formula is C28H30N2O7S. The van der Waals surface area contributed by atoms with Gasteiger partial charge in [-0.3, -0.25) is 4.79 Å². The summed E-state index contributed by atoms with van der Waals surface area (Å²) < 4.78 is 44.5. The van der Waals surface area contributed by atoms with Crippen LogP contribution in [0.5, 0.6) is 11.5 Å². The predicted molar refractivity (Wildman–Crippen MR) is 142 cm³/mol. The first-order valence-electron chi connectivity index (χ1n) is 12.2. The third kappa shape index (κ3) is 5.51. The highest BCUT2D eigenvalue weighted by molar-refractivity contribution is 7.89. The fourth-order valence-electron chi connectivity index (χ4n) is 4.36. The first-order chi connectivity index (χ1) is 18.1. The van der Waals surface area contributed by atoms with E-state index < -0.39 is 22.6 Å². The molecule has 0 fully saturated rings. The van der Waals surface area contributed by atoms with Crippen molar-refractivity contribution >= 4 is 27.9 Å². The molecule has 4 rings (SSSR count). The van der Waals surface area contributed by atoms with Crippen LogP contribution in [-0.4, -0.2) is 55.5 Å². The molecule has 0 N–H and O–H groups in total. The van der Waals surface area contributed by atoms with Crippen molar-refractivity contribution in [3.63, 3.8) is 0 Å². The van der Waals surface area contributed by atoms with Crippen molar-refractivity contribution in [2.45, 2.75) is 32.6 Å². The second-order valence-electron chi connectivity index (χ2n) is 8.68. The van der Waals surface area contributed by atoms with Crippen LogP contribution < -0.4 is 9.47 Å². The fourth-order valence-corrected chi connectivity index (χ4v) is 5.82. The van der Waals surface area contributed by atoms with Crippen molar-refractivity contribution < 1.29 is 32.2 Å². The number of carbonyl (C=O) groups is 2. The molecule has 0 saturated carbocycles. The molecule has 0 spiro atoms. The van der Waals surface area contributed by atoms with E-state index in [0.717, 1.165) is 17.1 Å². The lowest BCUT2D eigenvalue weighted by molar-refractivity contribution is -0.136. The average molecular weight is 539 g/mol. The van der Waals surface area contributed by atoms with E-state index >= 15 is 0 Å². The zero-order valence-corrected chi connectivity index (χ0v) is 22.6. The smallest absolute Gasteiger partial charge is 0.331 e. The van der Waals surface area contributed by atoms with Crippen LogP contribution in [0.4, 0.5) is 0 Å². The Hall–Kier alpha value is -3.89. The van der Waals surface area contributed by atoms with Crippen molar-refractivity contribution in [2.75, 3.05) is 26.5 Å². The number of hydrogen-bond donors (Lipinski definition) is 0. The number of Topliss-reactive ketones (excluding diaryl/α,β-unsaturated/α-hetero) is 1. The lowest BCUT2D eigenvalue weighted by Crippen LogP contribution is -2.30. The first-order valence-corrected chi connectivity index (χ1v) is 13.7. The van der Waals surface area contributed by atoms with Gasteiger partial charge in [0.2, 0.25) is 22.6 Å². The Bertz CT molecular complexity index is 1480. The summed E-state index contributed by atoms with van der Waals surface area (Å²) in [7, 11) is -3.55. The number of benzene rings is 2. The van der Waals surface area contributed by atoms with Crippen LogP contribution in [0.3, 0.4) is 0 Å². The van der Waals surface area contributed by atoms with E-state index in [1.807, 2.05) is 36.6 Å². The third-order valence-electron chi connectivity index (χ3n) is 6.33. The molecule has 1 aliphatic rings. The number of rotatable bonds is 10. The van der Waals surface area contributed by atoms with Crippen LogP contribution >= 0.6 is 0 Å². The molecule has 3 aromatic rings. The summed E-state index contributed by atoms with van der Waals surface area (Å²) in [5.74, 6) is 0.317. The lowest BCUT2D eigenvalue weighted by Gasteiger charge is -2.18. The van der Waals surface area contributed by atoms with Crippen LogP contribution in [0.1, 0.15) is 41.2 Å². The third-order valence-corrected chi connectivity index (χ3v) is 8.39. The number of fused-ring (bicyclic) bond motifs is 1. The monoisotopic (exact) mass is 538 g/mol. The van der Waals surface area contributed by atoms with Gasteiger partial charge in [0, 0.05) is 47.9 Å². The van der Waals surface area contributed by atoms with E-state index in [4.69, 9.17) is 14.2 Å². The minimum Gasteiger partial charge on any atom is -0.454 e. The molecule has 1 aromatic heterocycles. The van der Waals surface area contributed by atoms with Crippen molar-refractivity contribution in [1.82, 2.24) is 8.87 Å². The SMILES string of the molecule is CCN(CC)S(=O)(=O)c1ccc(/C=C/C(=O)OCC(=O)c2cc(C)n(-c3ccc4c(c3)OCO4)c2C)cc1. The maximum absolute atomic E-state index is 12.8. The predicted octanol–water partition coefficient (Wildman–Crippen LogP) is 4.29. The number of aryl methyl sites for hydroxylation is 1. The maximum atomic E-state index is 12.8. The van der Waals surface area contributed by atoms with Gasteiger partial charge in [-0.15, -0.1) is 0 Å². The Morgan fingerprint density at radius 1 is 1.00 bits per heavy atom. The molecule has 0 bridgehead atoms. The standard InChI is InChI=1S/C28H30N2O7S/c1-5-29(6-2)38(33,34)23-11-7-21(8-12-23)9-14-28(32)35-17-25(31)24-15-19(3)30(20(24)4)22-10-13-26-27(16-22)37-18-36-26/h7-16H,5-6,17-18H2,1-4H3/b14-9+. The Morgan fingerprint density at radius 3 is 2.37 bits per heavy atom. The second-order valence-corrected chi connectivity index (χ2v) is 10.6. The van der Waals surface area contributed by atoms with Gasteiger partial charge in [0.15, 0.2) is 18.1 Å². The molecule has 0 radical (unpaired) electrons. The van der Waals surface area contributed by atoms with Gasteiger partial charge < -0.3 is 18.8 Å². The molecule has 38 heavy (non-hydrogen) atoms. The van der Waals surface area contributed by atoms with Crippen LogP contribution in [0.25, 0.3) is 11.8 Å². The average Bonchev–Trinajstić information content (AvgIpc) is 3.49. The highest BCUT2D eigenvalue weighted by atomic mass is 32.2. The molecule has 0 aliphatic carbocycles. The fraction of sp³-hybridized carbons (Fsp3) is 0.286. The van der Waals surface area contributed by atoms with E-state index in [1.54, 1.807) is 32.0 Å². The number of nitrogens with zero attached hydrogens (tertiary/aromatic N) is 2. The molecule has 0 unspecified atom stereocenters. The number of ketones is 1. The van der Waals surface area contributed by atoms with E-state index in [0.29, 0.717) is 35.7 Å². The molecule has 2 heterocycles. The van der Waals surface area contributed by atoms with Gasteiger partial charge in [-0.2, -0.15) is 4.31 Å². The summed E-state index contributed by atoms with van der Waals surface area (Å²) in [5, 5.41) is 0. The highest BCUT2D eigenvalue weighted by Crippen LogP contribution is 2.35. The number of esters is 1. The normalized spacial score (nSPS) is 12.9. The number of aromatic nitrogens is 1. The van der Waals surface area contributed by atoms with Crippen LogP contribution in [-0.2, 0) is 19.6 Å². The van der Waals surface area contributed by atoms with Gasteiger partial charge in [-0.25, -0.2) is 13.2 Å². The molecule has 2 aromatic carbocycles. The minimum absolute atomic E-state index is 0.176. The van der Waals surface area contributed by atoms with Crippen molar-refractivity contribution in [1.29, 1.82) is 0 Å². The van der Waals surface area contributed by atoms with Crippen molar-refractivity contribution in [3.8, 4) is 17.2 Å². The van der Waals surface area contributed by atoms with Gasteiger partial charge in [-0.1, -0.05) is 26.0 Å². The van der Waals surface area contributed by atoms with Gasteiger partial charge in [-0.05, 0) is 55.8 Å². The summed E-state index contributed by atoms with van der Waals surface area (Å²) in [6, 6.07) is 13.5. The van der Waals surface area contributed by atoms with Crippen molar-refractivity contribution in [2.24, 2.45) is 0 Å². The second kappa shape index (κ2) is 11.2. The zero-order valence-electron chi connectivity index (χ0n) is 21.8. The van der Waals surface area contributed by atoms with Gasteiger partial charge >= 0.3 is 5.97 Å². The Kier molecular flexibility index (Phi) is 8.03. The lowest BCUT2D eigenvalue weighted by atomic mass is 10.1. The molecule has 0 atom stereocenters.